The van der Waals surface area contributed by atoms with Crippen molar-refractivity contribution in [2.24, 2.45) is 5.41 Å². The van der Waals surface area contributed by atoms with Crippen molar-refractivity contribution in [3.63, 3.8) is 0 Å². The number of aldehydes is 1. The number of carbonyl (C=O) groups excluding carboxylic acids is 3. The molecule has 0 aliphatic carbocycles. The third-order valence-electron chi connectivity index (χ3n) is 3.98. The van der Waals surface area contributed by atoms with Gasteiger partial charge in [-0.25, -0.2) is 0 Å². The maximum Gasteiger partial charge on any atom is 0.219 e. The van der Waals surface area contributed by atoms with Crippen LogP contribution in [0.4, 0.5) is 0 Å². The molecule has 0 saturated carbocycles. The van der Waals surface area contributed by atoms with Crippen molar-refractivity contribution >= 4 is 52.1 Å². The van der Waals surface area contributed by atoms with E-state index in [2.05, 4.69) is 34.6 Å². The van der Waals surface area contributed by atoms with E-state index in [4.69, 9.17) is 4.18 Å². The highest BCUT2D eigenvalue weighted by Gasteiger charge is 2.29. The van der Waals surface area contributed by atoms with Crippen molar-refractivity contribution in [3.8, 4) is 0 Å². The lowest BCUT2D eigenvalue weighted by molar-refractivity contribution is -0.119. The van der Waals surface area contributed by atoms with Crippen molar-refractivity contribution in [3.05, 3.63) is 35.4 Å². The van der Waals surface area contributed by atoms with E-state index in [0.29, 0.717) is 17.7 Å². The Labute approximate surface area is 249 Å². The molecule has 0 aliphatic rings. The van der Waals surface area contributed by atoms with Crippen LogP contribution in [0.2, 0.25) is 0 Å². The number of benzene rings is 1. The zero-order chi connectivity index (χ0) is 30.6. The second-order valence-electron chi connectivity index (χ2n) is 9.06. The molecule has 0 amide bonds. The van der Waals surface area contributed by atoms with Crippen LogP contribution in [0.3, 0.4) is 0 Å². The molecule has 0 aliphatic heterocycles. The Morgan fingerprint density at radius 1 is 0.789 bits per heavy atom. The fraction of sp³-hybridized carbons (Fsp3) is 0.710. The topological polar surface area (TPSA) is 60.4 Å². The van der Waals surface area contributed by atoms with E-state index in [1.807, 2.05) is 55.4 Å². The molecular weight excluding hydrogens is 533 g/mol. The number of carbonyl (C=O) groups is 3. The van der Waals surface area contributed by atoms with Gasteiger partial charge in [-0.1, -0.05) is 104 Å². The highest BCUT2D eigenvalue weighted by Crippen LogP contribution is 2.30. The van der Waals surface area contributed by atoms with Crippen molar-refractivity contribution in [2.75, 3.05) is 18.1 Å². The Hall–Kier alpha value is -0.760. The molecule has 0 unspecified atom stereocenters. The molecule has 0 atom stereocenters. The first kappa shape index (κ1) is 44.3. The normalized spacial score (nSPS) is 10.1. The quantitative estimate of drug-likeness (QED) is 0.136. The molecule has 0 bridgehead atoms. The van der Waals surface area contributed by atoms with Gasteiger partial charge in [0.2, 0.25) is 5.12 Å². The smallest absolute Gasteiger partial charge is 0.219 e. The van der Waals surface area contributed by atoms with Gasteiger partial charge >= 0.3 is 0 Å². The number of thioether (sulfide) groups is 2. The summed E-state index contributed by atoms with van der Waals surface area (Å²) < 4.78 is 5.63. The fourth-order valence-electron chi connectivity index (χ4n) is 2.10. The SMILES string of the molecule is CC.CC.CC.CCCCCSC(=O)c1ccc(C=O)cc1.CCCSC(=O)C(C)(C)COSC(C)(C)C. The molecule has 0 N–H and O–H groups in total. The van der Waals surface area contributed by atoms with Crippen LogP contribution in [0.25, 0.3) is 0 Å². The van der Waals surface area contributed by atoms with Crippen molar-refractivity contribution < 1.29 is 18.6 Å². The van der Waals surface area contributed by atoms with Gasteiger partial charge in [-0.3, -0.25) is 14.4 Å². The second kappa shape index (κ2) is 29.2. The molecule has 1 rings (SSSR count). The minimum absolute atomic E-state index is 0.0791. The van der Waals surface area contributed by atoms with Crippen LogP contribution >= 0.6 is 35.6 Å². The third kappa shape index (κ3) is 26.8. The third-order valence-corrected chi connectivity index (χ3v) is 7.14. The summed E-state index contributed by atoms with van der Waals surface area (Å²) in [6, 6.07) is 6.76. The minimum atomic E-state index is -0.391. The van der Waals surface area contributed by atoms with Gasteiger partial charge in [-0.2, -0.15) is 0 Å². The van der Waals surface area contributed by atoms with Gasteiger partial charge < -0.3 is 4.18 Å². The summed E-state index contributed by atoms with van der Waals surface area (Å²) in [4.78, 5) is 34.0. The Morgan fingerprint density at radius 2 is 1.32 bits per heavy atom. The fourth-order valence-corrected chi connectivity index (χ4v) is 4.48. The molecule has 224 valence electrons. The van der Waals surface area contributed by atoms with Crippen LogP contribution in [-0.4, -0.2) is 39.4 Å². The molecular formula is C31H58O4S3. The molecule has 0 heterocycles. The standard InChI is InChI=1S/C13H16O2S.C12H24O2S2.3C2H6/c1-2-3-4-9-16-13(15)12-7-5-11(10-14)6-8-12;1-7-8-15-10(13)12(5,6)9-14-16-11(2,3)4;3*1-2/h5-8,10H,2-4,9H2,1H3;7-9H2,1-6H3;3*1-2H3. The lowest BCUT2D eigenvalue weighted by Crippen LogP contribution is -2.27. The van der Waals surface area contributed by atoms with E-state index in [1.165, 1.54) is 48.4 Å². The Morgan fingerprint density at radius 3 is 1.74 bits per heavy atom. The van der Waals surface area contributed by atoms with Crippen molar-refractivity contribution in [1.29, 1.82) is 0 Å². The number of hydrogen-bond donors (Lipinski definition) is 0. The van der Waals surface area contributed by atoms with E-state index >= 15 is 0 Å². The first-order chi connectivity index (χ1) is 18.0. The molecule has 1 aromatic rings. The molecule has 7 heteroatoms. The summed E-state index contributed by atoms with van der Waals surface area (Å²) in [5.41, 5.74) is 0.887. The molecule has 1 aromatic carbocycles. The summed E-state index contributed by atoms with van der Waals surface area (Å²) in [7, 11) is 0. The largest absolute Gasteiger partial charge is 0.314 e. The van der Waals surface area contributed by atoms with Gasteiger partial charge in [0.1, 0.15) is 6.29 Å². The van der Waals surface area contributed by atoms with Crippen molar-refractivity contribution in [2.45, 2.75) is 120 Å². The second-order valence-corrected chi connectivity index (χ2v) is 12.8. The molecule has 38 heavy (non-hydrogen) atoms. The maximum atomic E-state index is 11.9. The number of unbranched alkanes of at least 4 members (excludes halogenated alkanes) is 2. The highest BCUT2D eigenvalue weighted by molar-refractivity contribution is 8.14. The van der Waals surface area contributed by atoms with Gasteiger partial charge in [0.15, 0.2) is 5.12 Å². The first-order valence-electron chi connectivity index (χ1n) is 14.2. The number of hydrogen-bond acceptors (Lipinski definition) is 7. The molecule has 0 saturated heterocycles. The Balaban J connectivity index is -0.000000254. The van der Waals surface area contributed by atoms with Crippen molar-refractivity contribution in [1.82, 2.24) is 0 Å². The van der Waals surface area contributed by atoms with Gasteiger partial charge in [0, 0.05) is 27.4 Å². The predicted molar refractivity (Wildman–Crippen MR) is 177 cm³/mol. The van der Waals surface area contributed by atoms with E-state index < -0.39 is 5.41 Å². The average molecular weight is 591 g/mol. The summed E-state index contributed by atoms with van der Waals surface area (Å²) in [5, 5.41) is 0.317. The van der Waals surface area contributed by atoms with Crippen LogP contribution in [0, 0.1) is 5.41 Å². The summed E-state index contributed by atoms with van der Waals surface area (Å²) in [5.74, 6) is 1.77. The van der Waals surface area contributed by atoms with E-state index in [-0.39, 0.29) is 15.0 Å². The van der Waals surface area contributed by atoms with Crippen LogP contribution in [0.5, 0.6) is 0 Å². The van der Waals surface area contributed by atoms with Gasteiger partial charge in [0.25, 0.3) is 0 Å². The molecule has 4 nitrogen and oxygen atoms in total. The number of rotatable bonds is 12. The molecule has 0 spiro atoms. The zero-order valence-corrected chi connectivity index (χ0v) is 29.1. The van der Waals surface area contributed by atoms with Gasteiger partial charge in [-0.05, 0) is 71.6 Å². The molecule has 0 radical (unpaired) electrons. The van der Waals surface area contributed by atoms with Crippen LogP contribution in [-0.2, 0) is 8.98 Å². The van der Waals surface area contributed by atoms with E-state index in [9.17, 15) is 14.4 Å². The average Bonchev–Trinajstić information content (AvgIpc) is 2.92. The lowest BCUT2D eigenvalue weighted by atomic mass is 9.97. The van der Waals surface area contributed by atoms with Crippen LogP contribution in [0.1, 0.15) is 136 Å². The predicted octanol–water partition coefficient (Wildman–Crippen LogP) is 10.8. The van der Waals surface area contributed by atoms with E-state index in [0.717, 1.165) is 30.6 Å². The van der Waals surface area contributed by atoms with Crippen LogP contribution in [0.15, 0.2) is 24.3 Å². The minimum Gasteiger partial charge on any atom is -0.314 e. The zero-order valence-electron chi connectivity index (χ0n) is 26.7. The summed E-state index contributed by atoms with van der Waals surface area (Å²) in [6.07, 6.45) is 5.24. The van der Waals surface area contributed by atoms with Gasteiger partial charge in [0.05, 0.1) is 12.0 Å². The summed E-state index contributed by atoms with van der Waals surface area (Å²) in [6.45, 7) is 26.9. The monoisotopic (exact) mass is 590 g/mol. The Bertz CT molecular complexity index is 681. The first-order valence-corrected chi connectivity index (χ1v) is 16.9. The Kier molecular flexibility index (Phi) is 34.0. The molecule has 0 fully saturated rings. The highest BCUT2D eigenvalue weighted by atomic mass is 32.2. The van der Waals surface area contributed by atoms with Gasteiger partial charge in [-0.15, -0.1) is 0 Å². The maximum absolute atomic E-state index is 11.9. The van der Waals surface area contributed by atoms with E-state index in [1.54, 1.807) is 24.3 Å². The molecule has 0 aromatic heterocycles. The van der Waals surface area contributed by atoms with Crippen LogP contribution < -0.4 is 0 Å². The summed E-state index contributed by atoms with van der Waals surface area (Å²) >= 11 is 4.21. The lowest BCUT2D eigenvalue weighted by Gasteiger charge is -2.24.